The molecule has 184 valence electrons. The Morgan fingerprint density at radius 2 is 1.82 bits per heavy atom. The van der Waals surface area contributed by atoms with Gasteiger partial charge in [-0.05, 0) is 49.7 Å². The highest BCUT2D eigenvalue weighted by Gasteiger charge is 2.43. The molecule has 1 amide bonds. The number of carbonyl (C=O) groups excluding carboxylic acids is 2. The first-order valence-corrected chi connectivity index (χ1v) is 11.2. The van der Waals surface area contributed by atoms with Gasteiger partial charge in [-0.2, -0.15) is 13.2 Å². The molecule has 6 nitrogen and oxygen atoms in total. The Morgan fingerprint density at radius 3 is 2.41 bits per heavy atom. The van der Waals surface area contributed by atoms with Crippen LogP contribution in [0.3, 0.4) is 0 Å². The summed E-state index contributed by atoms with van der Waals surface area (Å²) in [7, 11) is 0. The maximum absolute atomic E-state index is 15.1. The summed E-state index contributed by atoms with van der Waals surface area (Å²) < 4.78 is 57.7. The third-order valence-electron chi connectivity index (χ3n) is 6.63. The third-order valence-corrected chi connectivity index (χ3v) is 6.63. The van der Waals surface area contributed by atoms with Gasteiger partial charge in [-0.15, -0.1) is 0 Å². The number of nitrogens with zero attached hydrogens (tertiary/aromatic N) is 1. The molecule has 0 radical (unpaired) electrons. The fraction of sp³-hybridized carbons (Fsp3) is 0.500. The van der Waals surface area contributed by atoms with Gasteiger partial charge >= 0.3 is 6.18 Å². The van der Waals surface area contributed by atoms with Gasteiger partial charge in [-0.3, -0.25) is 9.59 Å². The molecule has 4 rings (SSSR count). The molecular weight excluding hydrogens is 454 g/mol. The molecule has 0 bridgehead atoms. The van der Waals surface area contributed by atoms with E-state index in [1.54, 1.807) is 13.8 Å². The summed E-state index contributed by atoms with van der Waals surface area (Å²) in [5, 5.41) is 12.8. The Bertz CT molecular complexity index is 1150. The van der Waals surface area contributed by atoms with Gasteiger partial charge in [0.25, 0.3) is 5.91 Å². The predicted octanol–water partition coefficient (Wildman–Crippen LogP) is 4.60. The van der Waals surface area contributed by atoms with E-state index in [2.05, 4.69) is 5.32 Å². The molecule has 1 heterocycles. The van der Waals surface area contributed by atoms with Crippen LogP contribution in [0.15, 0.2) is 18.3 Å². The minimum Gasteiger partial charge on any atom is -0.393 e. The number of nitrogens with two attached hydrogens (primary N) is 1. The van der Waals surface area contributed by atoms with Crippen molar-refractivity contribution in [2.24, 2.45) is 11.1 Å². The normalized spacial score (nSPS) is 22.4. The van der Waals surface area contributed by atoms with E-state index in [1.165, 1.54) is 10.6 Å². The predicted molar refractivity (Wildman–Crippen MR) is 118 cm³/mol. The number of anilines is 1. The molecule has 1 aromatic carbocycles. The molecule has 2 aromatic rings. The number of aliphatic hydroxyl groups is 1. The largest absolute Gasteiger partial charge is 0.418 e. The number of primary amides is 1. The van der Waals surface area contributed by atoms with Crippen molar-refractivity contribution in [3.8, 4) is 5.69 Å². The zero-order valence-corrected chi connectivity index (χ0v) is 18.9. The molecule has 2 aliphatic rings. The lowest BCUT2D eigenvalue weighted by atomic mass is 9.75. The van der Waals surface area contributed by atoms with E-state index in [0.717, 1.165) is 12.3 Å². The summed E-state index contributed by atoms with van der Waals surface area (Å²) in [6, 6.07) is 2.18. The smallest absolute Gasteiger partial charge is 0.393 e. The number of carbonyl (C=O) groups is 2. The molecule has 34 heavy (non-hydrogen) atoms. The van der Waals surface area contributed by atoms with Crippen molar-refractivity contribution < 1.29 is 32.3 Å². The van der Waals surface area contributed by atoms with Crippen molar-refractivity contribution >= 4 is 17.4 Å². The average molecular weight is 481 g/mol. The fourth-order valence-corrected chi connectivity index (χ4v) is 5.05. The zero-order valence-electron chi connectivity index (χ0n) is 18.9. The van der Waals surface area contributed by atoms with Crippen molar-refractivity contribution in [2.75, 3.05) is 5.32 Å². The second-order valence-electron chi connectivity index (χ2n) is 10.0. The van der Waals surface area contributed by atoms with Crippen LogP contribution < -0.4 is 11.1 Å². The number of Topliss-reactive ketones (excluding diaryl/α,β-unsaturated/α-hetero) is 1. The summed E-state index contributed by atoms with van der Waals surface area (Å²) in [6.45, 7) is 3.58. The molecule has 10 heteroatoms. The van der Waals surface area contributed by atoms with Crippen molar-refractivity contribution in [2.45, 2.75) is 70.7 Å². The monoisotopic (exact) mass is 481 g/mol. The standard InChI is InChI=1S/C24H27F4N3O3/c1-23(2)9-18-20(19(33)10-23)15(24(26,27)28)11-31(18)13-7-16(25)21(22(29)34)17(8-13)30-12-3-5-14(32)6-4-12/h7-8,11-12,14,30,32H,3-6,9-10H2,1-2H3,(H2,29,34)/t12-,14-. The average Bonchev–Trinajstić information content (AvgIpc) is 3.08. The number of rotatable bonds is 4. The van der Waals surface area contributed by atoms with Crippen LogP contribution in [0.1, 0.15) is 77.9 Å². The van der Waals surface area contributed by atoms with Crippen LogP contribution in [0.2, 0.25) is 0 Å². The van der Waals surface area contributed by atoms with Gasteiger partial charge in [0.05, 0.1) is 34.2 Å². The van der Waals surface area contributed by atoms with Crippen molar-refractivity contribution in [1.82, 2.24) is 4.57 Å². The molecule has 0 saturated heterocycles. The van der Waals surface area contributed by atoms with E-state index in [-0.39, 0.29) is 47.1 Å². The molecule has 1 fully saturated rings. The van der Waals surface area contributed by atoms with Gasteiger partial charge in [-0.1, -0.05) is 13.8 Å². The quantitative estimate of drug-likeness (QED) is 0.556. The second kappa shape index (κ2) is 8.41. The van der Waals surface area contributed by atoms with Gasteiger partial charge in [0.1, 0.15) is 5.82 Å². The maximum Gasteiger partial charge on any atom is 0.418 e. The highest BCUT2D eigenvalue weighted by atomic mass is 19.4. The lowest BCUT2D eigenvalue weighted by Gasteiger charge is -2.30. The lowest BCUT2D eigenvalue weighted by molar-refractivity contribution is -0.137. The van der Waals surface area contributed by atoms with E-state index < -0.39 is 40.8 Å². The number of aromatic nitrogens is 1. The van der Waals surface area contributed by atoms with Crippen molar-refractivity contribution in [3.63, 3.8) is 0 Å². The Labute approximate surface area is 194 Å². The van der Waals surface area contributed by atoms with E-state index in [0.29, 0.717) is 25.7 Å². The summed E-state index contributed by atoms with van der Waals surface area (Å²) in [5.74, 6) is -2.59. The third kappa shape index (κ3) is 4.55. The topological polar surface area (TPSA) is 97.4 Å². The number of aliphatic hydroxyl groups excluding tert-OH is 1. The molecule has 0 atom stereocenters. The molecule has 0 spiro atoms. The number of nitrogens with one attached hydrogen (secondary N) is 1. The summed E-state index contributed by atoms with van der Waals surface area (Å²) in [4.78, 5) is 24.7. The number of fused-ring (bicyclic) bond motifs is 1. The Morgan fingerprint density at radius 1 is 1.18 bits per heavy atom. The number of amides is 1. The van der Waals surface area contributed by atoms with Gasteiger partial charge < -0.3 is 20.7 Å². The maximum atomic E-state index is 15.1. The van der Waals surface area contributed by atoms with Crippen molar-refractivity contribution in [3.05, 3.63) is 46.5 Å². The van der Waals surface area contributed by atoms with Gasteiger partial charge in [0, 0.05) is 24.4 Å². The van der Waals surface area contributed by atoms with Crippen LogP contribution in [0.5, 0.6) is 0 Å². The SMILES string of the molecule is CC1(C)CC(=O)c2c(C(F)(F)F)cn(-c3cc(F)c(C(N)=O)c(N[C@H]4CC[C@H](O)CC4)c3)c2C1. The van der Waals surface area contributed by atoms with Crippen LogP contribution in [0, 0.1) is 11.2 Å². The highest BCUT2D eigenvalue weighted by molar-refractivity contribution is 6.01. The van der Waals surface area contributed by atoms with E-state index in [4.69, 9.17) is 5.73 Å². The van der Waals surface area contributed by atoms with Gasteiger partial charge in [0.15, 0.2) is 5.78 Å². The molecule has 4 N–H and O–H groups in total. The lowest BCUT2D eigenvalue weighted by Crippen LogP contribution is -2.30. The molecule has 1 saturated carbocycles. The summed E-state index contributed by atoms with van der Waals surface area (Å²) >= 11 is 0. The molecule has 0 aliphatic heterocycles. The summed E-state index contributed by atoms with van der Waals surface area (Å²) in [6.07, 6.45) is -1.99. The van der Waals surface area contributed by atoms with Gasteiger partial charge in [-0.25, -0.2) is 4.39 Å². The highest BCUT2D eigenvalue weighted by Crippen LogP contribution is 2.43. The van der Waals surface area contributed by atoms with Crippen LogP contribution in [-0.4, -0.2) is 33.5 Å². The number of ketones is 1. The molecule has 2 aliphatic carbocycles. The first-order valence-electron chi connectivity index (χ1n) is 11.2. The number of benzene rings is 1. The van der Waals surface area contributed by atoms with E-state index in [1.807, 2.05) is 0 Å². The van der Waals surface area contributed by atoms with Crippen LogP contribution in [0.4, 0.5) is 23.2 Å². The van der Waals surface area contributed by atoms with E-state index in [9.17, 15) is 27.9 Å². The fourth-order valence-electron chi connectivity index (χ4n) is 5.05. The molecular formula is C24H27F4N3O3. The van der Waals surface area contributed by atoms with Crippen LogP contribution >= 0.6 is 0 Å². The number of halogens is 4. The number of alkyl halides is 3. The van der Waals surface area contributed by atoms with Crippen molar-refractivity contribution in [1.29, 1.82) is 0 Å². The minimum atomic E-state index is -4.76. The Hall–Kier alpha value is -2.88. The van der Waals surface area contributed by atoms with E-state index >= 15 is 4.39 Å². The van der Waals surface area contributed by atoms with Crippen LogP contribution in [-0.2, 0) is 12.6 Å². The zero-order chi connectivity index (χ0) is 25.0. The number of hydrogen-bond donors (Lipinski definition) is 3. The molecule has 0 unspecified atom stereocenters. The minimum absolute atomic E-state index is 0.0254. The summed E-state index contributed by atoms with van der Waals surface area (Å²) in [5.41, 5.74) is 3.28. The van der Waals surface area contributed by atoms with Crippen LogP contribution in [0.25, 0.3) is 5.69 Å². The number of hydrogen-bond acceptors (Lipinski definition) is 4. The first kappa shape index (κ1) is 24.3. The second-order valence-corrected chi connectivity index (χ2v) is 10.0. The molecule has 1 aromatic heterocycles. The first-order chi connectivity index (χ1) is 15.8. The Kier molecular flexibility index (Phi) is 6.00. The van der Waals surface area contributed by atoms with Gasteiger partial charge in [0.2, 0.25) is 0 Å². The Balaban J connectivity index is 1.86.